The molecule has 2 aliphatic heterocycles. The van der Waals surface area contributed by atoms with Crippen LogP contribution >= 0.6 is 11.8 Å². The van der Waals surface area contributed by atoms with Crippen molar-refractivity contribution < 1.29 is 14.3 Å². The van der Waals surface area contributed by atoms with Gasteiger partial charge >= 0.3 is 0 Å². The quantitative estimate of drug-likeness (QED) is 0.824. The third-order valence-corrected chi connectivity index (χ3v) is 6.41. The summed E-state index contributed by atoms with van der Waals surface area (Å²) in [6.07, 6.45) is 3.10. The highest BCUT2D eigenvalue weighted by Crippen LogP contribution is 2.30. The average Bonchev–Trinajstić information content (AvgIpc) is 2.62. The maximum atomic E-state index is 12.5. The Morgan fingerprint density at radius 1 is 1.08 bits per heavy atom. The lowest BCUT2D eigenvalue weighted by atomic mass is 9.79. The SMILES string of the molecule is Cc1cc(C)cc(CSCC(=O)N[C@H]2CCOC[C@H]2C2CCOCC2)c1. The average molecular weight is 378 g/mol. The van der Waals surface area contributed by atoms with Gasteiger partial charge in [0, 0.05) is 37.5 Å². The highest BCUT2D eigenvalue weighted by molar-refractivity contribution is 7.99. The fourth-order valence-electron chi connectivity index (χ4n) is 4.21. The minimum atomic E-state index is 0.156. The number of carbonyl (C=O) groups excluding carboxylic acids is 1. The van der Waals surface area contributed by atoms with Gasteiger partial charge in [0.2, 0.25) is 5.91 Å². The maximum Gasteiger partial charge on any atom is 0.230 e. The first-order valence-corrected chi connectivity index (χ1v) is 10.9. The van der Waals surface area contributed by atoms with Crippen LogP contribution in [0.4, 0.5) is 0 Å². The number of carbonyl (C=O) groups is 1. The summed E-state index contributed by atoms with van der Waals surface area (Å²) in [6, 6.07) is 6.85. The first-order chi connectivity index (χ1) is 12.6. The second kappa shape index (κ2) is 9.77. The molecule has 0 unspecified atom stereocenters. The Hall–Kier alpha value is -1.04. The van der Waals surface area contributed by atoms with E-state index in [1.807, 2.05) is 0 Å². The van der Waals surface area contributed by atoms with Gasteiger partial charge in [-0.05, 0) is 44.6 Å². The van der Waals surface area contributed by atoms with Crippen molar-refractivity contribution in [2.75, 3.05) is 32.2 Å². The van der Waals surface area contributed by atoms with Gasteiger partial charge in [-0.1, -0.05) is 29.3 Å². The molecule has 3 rings (SSSR count). The minimum absolute atomic E-state index is 0.156. The Bertz CT molecular complexity index is 581. The van der Waals surface area contributed by atoms with E-state index in [2.05, 4.69) is 37.4 Å². The van der Waals surface area contributed by atoms with Crippen molar-refractivity contribution in [3.05, 3.63) is 34.9 Å². The van der Waals surface area contributed by atoms with Gasteiger partial charge in [0.15, 0.2) is 0 Å². The molecule has 2 aliphatic rings. The lowest BCUT2D eigenvalue weighted by Crippen LogP contribution is -2.49. The van der Waals surface area contributed by atoms with Crippen LogP contribution in [-0.2, 0) is 20.0 Å². The fourth-order valence-corrected chi connectivity index (χ4v) is 4.98. The van der Waals surface area contributed by atoms with Gasteiger partial charge in [-0.3, -0.25) is 4.79 Å². The van der Waals surface area contributed by atoms with E-state index in [-0.39, 0.29) is 11.9 Å². The topological polar surface area (TPSA) is 47.6 Å². The summed E-state index contributed by atoms with van der Waals surface area (Å²) in [4.78, 5) is 12.5. The second-order valence-corrected chi connectivity index (χ2v) is 8.63. The number of ether oxygens (including phenoxy) is 2. The van der Waals surface area contributed by atoms with Crippen molar-refractivity contribution in [2.45, 2.75) is 44.9 Å². The molecule has 1 aromatic carbocycles. The number of hydrogen-bond acceptors (Lipinski definition) is 4. The monoisotopic (exact) mass is 377 g/mol. The molecule has 26 heavy (non-hydrogen) atoms. The van der Waals surface area contributed by atoms with Crippen molar-refractivity contribution in [3.63, 3.8) is 0 Å². The van der Waals surface area contributed by atoms with Crippen LogP contribution in [0.25, 0.3) is 0 Å². The van der Waals surface area contributed by atoms with E-state index >= 15 is 0 Å². The summed E-state index contributed by atoms with van der Waals surface area (Å²) in [7, 11) is 0. The number of benzene rings is 1. The number of amides is 1. The van der Waals surface area contributed by atoms with Crippen molar-refractivity contribution >= 4 is 17.7 Å². The predicted molar refractivity (Wildman–Crippen MR) is 106 cm³/mol. The molecule has 2 heterocycles. The summed E-state index contributed by atoms with van der Waals surface area (Å²) in [6.45, 7) is 7.44. The summed E-state index contributed by atoms with van der Waals surface area (Å²) in [5.41, 5.74) is 3.87. The van der Waals surface area contributed by atoms with Gasteiger partial charge < -0.3 is 14.8 Å². The van der Waals surface area contributed by atoms with Crippen LogP contribution < -0.4 is 5.32 Å². The molecule has 0 saturated carbocycles. The molecule has 0 aromatic heterocycles. The highest BCUT2D eigenvalue weighted by atomic mass is 32.2. The van der Waals surface area contributed by atoms with Crippen LogP contribution in [0, 0.1) is 25.7 Å². The van der Waals surface area contributed by atoms with Crippen LogP contribution in [0.1, 0.15) is 36.0 Å². The van der Waals surface area contributed by atoms with Crippen molar-refractivity contribution in [3.8, 4) is 0 Å². The molecule has 144 valence electrons. The molecule has 5 heteroatoms. The molecular weight excluding hydrogens is 346 g/mol. The van der Waals surface area contributed by atoms with Crippen LogP contribution in [0.2, 0.25) is 0 Å². The standard InChI is InChI=1S/C21H31NO3S/c1-15-9-16(2)11-17(10-15)13-26-14-21(23)22-20-5-8-25-12-19(20)18-3-6-24-7-4-18/h9-11,18-20H,3-8,12-14H2,1-2H3,(H,22,23)/t19-,20-/m0/s1. The number of nitrogens with one attached hydrogen (secondary N) is 1. The van der Waals surface area contributed by atoms with Crippen molar-refractivity contribution in [2.24, 2.45) is 11.8 Å². The summed E-state index contributed by atoms with van der Waals surface area (Å²) >= 11 is 1.69. The molecule has 2 saturated heterocycles. The Morgan fingerprint density at radius 3 is 2.50 bits per heavy atom. The Kier molecular flexibility index (Phi) is 7.41. The van der Waals surface area contributed by atoms with Crippen molar-refractivity contribution in [1.29, 1.82) is 0 Å². The smallest absolute Gasteiger partial charge is 0.230 e. The number of rotatable bonds is 6. The zero-order chi connectivity index (χ0) is 18.4. The Balaban J connectivity index is 1.46. The molecule has 1 amide bonds. The van der Waals surface area contributed by atoms with Gasteiger partial charge in [0.1, 0.15) is 0 Å². The first-order valence-electron chi connectivity index (χ1n) is 9.71. The summed E-state index contributed by atoms with van der Waals surface area (Å²) in [5, 5.41) is 3.29. The fraction of sp³-hybridized carbons (Fsp3) is 0.667. The molecule has 1 aromatic rings. The molecule has 2 atom stereocenters. The third kappa shape index (κ3) is 5.73. The van der Waals surface area contributed by atoms with Gasteiger partial charge in [-0.2, -0.15) is 0 Å². The largest absolute Gasteiger partial charge is 0.381 e. The highest BCUT2D eigenvalue weighted by Gasteiger charge is 2.34. The maximum absolute atomic E-state index is 12.5. The van der Waals surface area contributed by atoms with E-state index in [0.717, 1.165) is 51.4 Å². The molecular formula is C21H31NO3S. The molecule has 2 fully saturated rings. The van der Waals surface area contributed by atoms with E-state index in [1.54, 1.807) is 11.8 Å². The molecule has 0 radical (unpaired) electrons. The minimum Gasteiger partial charge on any atom is -0.381 e. The van der Waals surface area contributed by atoms with Gasteiger partial charge in [0.25, 0.3) is 0 Å². The predicted octanol–water partition coefficient (Wildman–Crippen LogP) is 3.48. The van der Waals surface area contributed by atoms with Crippen LogP contribution in [0.3, 0.4) is 0 Å². The third-order valence-electron chi connectivity index (χ3n) is 5.40. The van der Waals surface area contributed by atoms with Gasteiger partial charge in [-0.15, -0.1) is 11.8 Å². The van der Waals surface area contributed by atoms with Gasteiger partial charge in [-0.25, -0.2) is 0 Å². The zero-order valence-electron chi connectivity index (χ0n) is 16.0. The lowest BCUT2D eigenvalue weighted by Gasteiger charge is -2.39. The number of aryl methyl sites for hydroxylation is 2. The lowest BCUT2D eigenvalue weighted by molar-refractivity contribution is -0.121. The van der Waals surface area contributed by atoms with Crippen molar-refractivity contribution in [1.82, 2.24) is 5.32 Å². The van der Waals surface area contributed by atoms with Crippen LogP contribution in [0.5, 0.6) is 0 Å². The number of hydrogen-bond donors (Lipinski definition) is 1. The Morgan fingerprint density at radius 2 is 1.77 bits per heavy atom. The van der Waals surface area contributed by atoms with E-state index in [1.165, 1.54) is 16.7 Å². The summed E-state index contributed by atoms with van der Waals surface area (Å²) < 4.78 is 11.2. The van der Waals surface area contributed by atoms with Crippen LogP contribution in [0.15, 0.2) is 18.2 Å². The van der Waals surface area contributed by atoms with E-state index in [0.29, 0.717) is 17.6 Å². The first kappa shape index (κ1) is 19.7. The molecule has 1 N–H and O–H groups in total. The molecule has 0 aliphatic carbocycles. The molecule has 4 nitrogen and oxygen atoms in total. The Labute approximate surface area is 161 Å². The normalized spacial score (nSPS) is 24.4. The molecule has 0 spiro atoms. The van der Waals surface area contributed by atoms with E-state index < -0.39 is 0 Å². The van der Waals surface area contributed by atoms with Gasteiger partial charge in [0.05, 0.1) is 12.4 Å². The van der Waals surface area contributed by atoms with Crippen LogP contribution in [-0.4, -0.2) is 44.1 Å². The second-order valence-electron chi connectivity index (χ2n) is 7.64. The van der Waals surface area contributed by atoms with E-state index in [9.17, 15) is 4.79 Å². The zero-order valence-corrected chi connectivity index (χ0v) is 16.8. The summed E-state index contributed by atoms with van der Waals surface area (Å²) in [5.74, 6) is 2.60. The van der Waals surface area contributed by atoms with E-state index in [4.69, 9.17) is 9.47 Å². The molecule has 0 bridgehead atoms. The number of thioether (sulfide) groups is 1.